The first-order chi connectivity index (χ1) is 17.4. The molecule has 3 rings (SSSR count). The maximum Gasteiger partial charge on any atom is 0.217 e. The summed E-state index contributed by atoms with van der Waals surface area (Å²) in [5, 5.41) is 17.6. The molecule has 0 heterocycles. The van der Waals surface area contributed by atoms with E-state index in [2.05, 4.69) is 61.2 Å². The van der Waals surface area contributed by atoms with Crippen LogP contribution in [0.2, 0.25) is 0 Å². The monoisotopic (exact) mass is 517 g/mol. The second kappa shape index (κ2) is 12.4. The third-order valence-corrected chi connectivity index (χ3v) is 7.29. The second-order valence-electron chi connectivity index (χ2n) is 11.2. The quantitative estimate of drug-likeness (QED) is 0.354. The first kappa shape index (κ1) is 29.2. The molecule has 0 saturated heterocycles. The van der Waals surface area contributed by atoms with Gasteiger partial charge in [-0.3, -0.25) is 4.79 Å². The van der Waals surface area contributed by atoms with Gasteiger partial charge < -0.3 is 20.6 Å². The Hall–Kier alpha value is -2.39. The maximum absolute atomic E-state index is 13.8. The van der Waals surface area contributed by atoms with Gasteiger partial charge in [0.25, 0.3) is 0 Å². The summed E-state index contributed by atoms with van der Waals surface area (Å²) in [5.41, 5.74) is 5.44. The van der Waals surface area contributed by atoms with Gasteiger partial charge in [-0.05, 0) is 66.3 Å². The normalized spacial score (nSPS) is 21.9. The van der Waals surface area contributed by atoms with Crippen molar-refractivity contribution in [1.29, 1.82) is 0 Å². The molecule has 8 heteroatoms. The third kappa shape index (κ3) is 8.04. The van der Waals surface area contributed by atoms with Crippen LogP contribution < -0.4 is 16.1 Å². The van der Waals surface area contributed by atoms with Crippen molar-refractivity contribution in [3.63, 3.8) is 0 Å². The van der Waals surface area contributed by atoms with E-state index >= 15 is 0 Å². The van der Waals surface area contributed by atoms with Gasteiger partial charge in [-0.25, -0.2) is 8.78 Å². The molecule has 0 bridgehead atoms. The fourth-order valence-electron chi connectivity index (χ4n) is 5.22. The molecule has 2 aromatic rings. The molecule has 0 aromatic heterocycles. The highest BCUT2D eigenvalue weighted by molar-refractivity contribution is 5.73. The van der Waals surface area contributed by atoms with Crippen LogP contribution in [0, 0.1) is 11.6 Å². The van der Waals surface area contributed by atoms with E-state index in [0.717, 1.165) is 37.3 Å². The lowest BCUT2D eigenvalue weighted by Crippen LogP contribution is -2.54. The van der Waals surface area contributed by atoms with Crippen LogP contribution in [-0.4, -0.2) is 42.9 Å². The zero-order valence-electron chi connectivity index (χ0n) is 22.5. The summed E-state index contributed by atoms with van der Waals surface area (Å²) in [6, 6.07) is 11.4. The van der Waals surface area contributed by atoms with Crippen LogP contribution in [0.1, 0.15) is 70.1 Å². The zero-order chi connectivity index (χ0) is 27.2. The van der Waals surface area contributed by atoms with Gasteiger partial charge >= 0.3 is 0 Å². The summed E-state index contributed by atoms with van der Waals surface area (Å²) in [6.45, 7) is 8.11. The van der Waals surface area contributed by atoms with E-state index in [9.17, 15) is 18.7 Å². The SMILES string of the molecule is CONC1CCC(NC[C@@H](O)C(Cc2cc(F)cc(F)c2)NC(C)=O)(c2cccc(C(C)(C)C)c2)CC1. The Morgan fingerprint density at radius 1 is 1.14 bits per heavy atom. The predicted molar refractivity (Wildman–Crippen MR) is 141 cm³/mol. The van der Waals surface area contributed by atoms with Crippen molar-refractivity contribution in [1.82, 2.24) is 16.1 Å². The van der Waals surface area contributed by atoms with Crippen LogP contribution in [0.5, 0.6) is 0 Å². The molecule has 1 saturated carbocycles. The van der Waals surface area contributed by atoms with Crippen molar-refractivity contribution in [2.75, 3.05) is 13.7 Å². The molecule has 1 fully saturated rings. The van der Waals surface area contributed by atoms with Gasteiger partial charge in [-0.2, -0.15) is 5.48 Å². The molecule has 2 aromatic carbocycles. The molecule has 1 amide bonds. The Labute approximate surface area is 219 Å². The van der Waals surface area contributed by atoms with E-state index in [1.165, 1.54) is 24.6 Å². The first-order valence-electron chi connectivity index (χ1n) is 13.0. The van der Waals surface area contributed by atoms with E-state index in [0.29, 0.717) is 5.56 Å². The van der Waals surface area contributed by atoms with Crippen molar-refractivity contribution in [2.45, 2.75) is 88.9 Å². The number of aliphatic hydroxyl groups is 1. The Bertz CT molecular complexity index is 1030. The van der Waals surface area contributed by atoms with Crippen molar-refractivity contribution in [3.05, 3.63) is 70.8 Å². The van der Waals surface area contributed by atoms with Crippen LogP contribution in [-0.2, 0) is 27.0 Å². The summed E-state index contributed by atoms with van der Waals surface area (Å²) in [5.74, 6) is -1.70. The van der Waals surface area contributed by atoms with E-state index in [-0.39, 0.29) is 35.9 Å². The van der Waals surface area contributed by atoms with E-state index in [1.807, 2.05) is 0 Å². The Morgan fingerprint density at radius 3 is 2.35 bits per heavy atom. The lowest BCUT2D eigenvalue weighted by atomic mass is 9.73. The molecule has 4 N–H and O–H groups in total. The molecule has 2 atom stereocenters. The minimum absolute atomic E-state index is 0.0117. The highest BCUT2D eigenvalue weighted by atomic mass is 19.1. The molecule has 1 aliphatic rings. The Morgan fingerprint density at radius 2 is 1.78 bits per heavy atom. The molecular formula is C29H41F2N3O3. The summed E-state index contributed by atoms with van der Waals surface area (Å²) >= 11 is 0. The standard InChI is InChI=1S/C29H41F2N3O3/c1-19(35)33-26(15-20-13-23(30)17-24(31)14-20)27(36)18-32-29(11-9-25(10-12-29)34-37-5)22-8-6-7-21(16-22)28(2,3)4/h6-8,13-14,16-17,25-27,32,34,36H,9-12,15,18H2,1-5H3,(H,33,35)/t25?,26?,27-,29?/m1/s1. The van der Waals surface area contributed by atoms with Crippen LogP contribution in [0.25, 0.3) is 0 Å². The number of nitrogens with one attached hydrogen (secondary N) is 3. The van der Waals surface area contributed by atoms with Gasteiger partial charge in [0, 0.05) is 31.1 Å². The van der Waals surface area contributed by atoms with Crippen molar-refractivity contribution >= 4 is 5.91 Å². The predicted octanol–water partition coefficient (Wildman–Crippen LogP) is 4.25. The molecule has 1 unspecified atom stereocenters. The smallest absolute Gasteiger partial charge is 0.217 e. The minimum Gasteiger partial charge on any atom is -0.390 e. The average molecular weight is 518 g/mol. The second-order valence-corrected chi connectivity index (χ2v) is 11.2. The molecule has 6 nitrogen and oxygen atoms in total. The van der Waals surface area contributed by atoms with E-state index < -0.39 is 23.8 Å². The third-order valence-electron chi connectivity index (χ3n) is 7.29. The maximum atomic E-state index is 13.8. The lowest BCUT2D eigenvalue weighted by molar-refractivity contribution is -0.120. The van der Waals surface area contributed by atoms with Crippen molar-refractivity contribution in [2.24, 2.45) is 0 Å². The number of benzene rings is 2. The Kier molecular flexibility index (Phi) is 9.80. The number of carbonyl (C=O) groups is 1. The number of hydrogen-bond donors (Lipinski definition) is 4. The highest BCUT2D eigenvalue weighted by Crippen LogP contribution is 2.39. The summed E-state index contributed by atoms with van der Waals surface area (Å²) < 4.78 is 27.5. The number of hydroxylamine groups is 1. The van der Waals surface area contributed by atoms with Crippen molar-refractivity contribution < 1.29 is 23.5 Å². The van der Waals surface area contributed by atoms with Crippen LogP contribution in [0.4, 0.5) is 8.78 Å². The fraction of sp³-hybridized carbons (Fsp3) is 0.552. The van der Waals surface area contributed by atoms with Crippen LogP contribution >= 0.6 is 0 Å². The average Bonchev–Trinajstić information content (AvgIpc) is 2.82. The van der Waals surface area contributed by atoms with E-state index in [1.54, 1.807) is 7.11 Å². The van der Waals surface area contributed by atoms with Gasteiger partial charge in [0.05, 0.1) is 19.3 Å². The number of halogens is 2. The van der Waals surface area contributed by atoms with Gasteiger partial charge in [-0.1, -0.05) is 45.0 Å². The minimum atomic E-state index is -0.979. The molecule has 1 aliphatic carbocycles. The van der Waals surface area contributed by atoms with Gasteiger partial charge in [0.2, 0.25) is 5.91 Å². The lowest BCUT2D eigenvalue weighted by Gasteiger charge is -2.43. The van der Waals surface area contributed by atoms with Crippen LogP contribution in [0.3, 0.4) is 0 Å². The topological polar surface area (TPSA) is 82.6 Å². The van der Waals surface area contributed by atoms with E-state index in [4.69, 9.17) is 4.84 Å². The van der Waals surface area contributed by atoms with Gasteiger partial charge in [-0.15, -0.1) is 0 Å². The molecule has 0 aliphatic heterocycles. The highest BCUT2D eigenvalue weighted by Gasteiger charge is 2.38. The number of hydrogen-bond acceptors (Lipinski definition) is 5. The molecule has 204 valence electrons. The van der Waals surface area contributed by atoms with Crippen LogP contribution in [0.15, 0.2) is 42.5 Å². The number of aliphatic hydroxyl groups excluding tert-OH is 1. The Balaban J connectivity index is 1.83. The first-order valence-corrected chi connectivity index (χ1v) is 13.0. The largest absolute Gasteiger partial charge is 0.390 e. The number of amides is 1. The molecule has 0 spiro atoms. The molecule has 37 heavy (non-hydrogen) atoms. The van der Waals surface area contributed by atoms with Gasteiger partial charge in [0.15, 0.2) is 0 Å². The summed E-state index contributed by atoms with van der Waals surface area (Å²) in [6.07, 6.45) is 2.54. The summed E-state index contributed by atoms with van der Waals surface area (Å²) in [7, 11) is 1.62. The zero-order valence-corrected chi connectivity index (χ0v) is 22.5. The van der Waals surface area contributed by atoms with Crippen molar-refractivity contribution in [3.8, 4) is 0 Å². The number of rotatable bonds is 10. The molecular weight excluding hydrogens is 476 g/mol. The fourth-order valence-corrected chi connectivity index (χ4v) is 5.22. The molecule has 0 radical (unpaired) electrons. The van der Waals surface area contributed by atoms with Gasteiger partial charge in [0.1, 0.15) is 11.6 Å². The number of carbonyl (C=O) groups excluding carboxylic acids is 1. The summed E-state index contributed by atoms with van der Waals surface area (Å²) in [4.78, 5) is 17.0.